The summed E-state index contributed by atoms with van der Waals surface area (Å²) in [6.45, 7) is 7.97. The number of amidine groups is 1. The van der Waals surface area contributed by atoms with Gasteiger partial charge in [-0.1, -0.05) is 39.0 Å². The van der Waals surface area contributed by atoms with Crippen LogP contribution in [-0.2, 0) is 0 Å². The molecule has 0 radical (unpaired) electrons. The lowest BCUT2D eigenvalue weighted by Gasteiger charge is -2.37. The Bertz CT molecular complexity index is 269. The summed E-state index contributed by atoms with van der Waals surface area (Å²) in [5.74, 6) is 1.94. The molecule has 2 nitrogen and oxygen atoms in total. The quantitative estimate of drug-likeness (QED) is 0.818. The molecular formula is C13H24N2S. The van der Waals surface area contributed by atoms with Crippen molar-refractivity contribution >= 4 is 16.9 Å². The third-order valence-corrected chi connectivity index (χ3v) is 4.91. The van der Waals surface area contributed by atoms with Crippen LogP contribution in [0.25, 0.3) is 0 Å². The van der Waals surface area contributed by atoms with E-state index in [0.717, 1.165) is 6.54 Å². The molecule has 1 unspecified atom stereocenters. The van der Waals surface area contributed by atoms with E-state index in [-0.39, 0.29) is 0 Å². The lowest BCUT2D eigenvalue weighted by Crippen LogP contribution is -2.42. The molecule has 0 aromatic rings. The van der Waals surface area contributed by atoms with E-state index in [2.05, 4.69) is 26.1 Å². The maximum absolute atomic E-state index is 4.78. The van der Waals surface area contributed by atoms with Gasteiger partial charge in [-0.25, -0.2) is 0 Å². The average molecular weight is 240 g/mol. The van der Waals surface area contributed by atoms with E-state index in [1.54, 1.807) is 0 Å². The van der Waals surface area contributed by atoms with Crippen LogP contribution in [0.3, 0.4) is 0 Å². The highest BCUT2D eigenvalue weighted by Gasteiger charge is 2.31. The second-order valence-corrected chi connectivity index (χ2v) is 7.00. The number of aliphatic imine (C=N–C) groups is 1. The molecule has 3 heteroatoms. The SMILES string of the molecule is CC(C)C1CCSC(=NCC2(C)CCC2)N1. The van der Waals surface area contributed by atoms with E-state index in [1.165, 1.54) is 36.6 Å². The first-order chi connectivity index (χ1) is 7.59. The Morgan fingerprint density at radius 3 is 2.81 bits per heavy atom. The van der Waals surface area contributed by atoms with Crippen molar-refractivity contribution in [1.82, 2.24) is 5.32 Å². The predicted molar refractivity (Wildman–Crippen MR) is 73.1 cm³/mol. The number of rotatable bonds is 3. The summed E-state index contributed by atoms with van der Waals surface area (Å²) in [6, 6.07) is 0.634. The van der Waals surface area contributed by atoms with Crippen molar-refractivity contribution in [1.29, 1.82) is 0 Å². The van der Waals surface area contributed by atoms with Crippen molar-refractivity contribution < 1.29 is 0 Å². The molecule has 2 aliphatic rings. The van der Waals surface area contributed by atoms with Crippen LogP contribution in [0.2, 0.25) is 0 Å². The lowest BCUT2D eigenvalue weighted by molar-refractivity contribution is 0.174. The van der Waals surface area contributed by atoms with E-state index in [4.69, 9.17) is 4.99 Å². The fraction of sp³-hybridized carbons (Fsp3) is 0.923. The minimum Gasteiger partial charge on any atom is -0.362 e. The van der Waals surface area contributed by atoms with E-state index in [9.17, 15) is 0 Å². The zero-order valence-electron chi connectivity index (χ0n) is 10.8. The predicted octanol–water partition coefficient (Wildman–Crippen LogP) is 3.28. The van der Waals surface area contributed by atoms with Crippen LogP contribution in [-0.4, -0.2) is 23.5 Å². The standard InChI is InChI=1S/C13H24N2S/c1-10(2)11-5-8-16-12(15-11)14-9-13(3)6-4-7-13/h10-11H,4-9H2,1-3H3,(H,14,15). The number of hydrogen-bond donors (Lipinski definition) is 1. The fourth-order valence-corrected chi connectivity index (χ4v) is 3.30. The van der Waals surface area contributed by atoms with Crippen LogP contribution in [0, 0.1) is 11.3 Å². The Balaban J connectivity index is 1.86. The third-order valence-electron chi connectivity index (χ3n) is 3.95. The summed E-state index contributed by atoms with van der Waals surface area (Å²) in [6.07, 6.45) is 5.40. The van der Waals surface area contributed by atoms with Gasteiger partial charge < -0.3 is 5.32 Å². The average Bonchev–Trinajstić information content (AvgIpc) is 2.24. The van der Waals surface area contributed by atoms with Crippen LogP contribution in [0.15, 0.2) is 4.99 Å². The highest BCUT2D eigenvalue weighted by atomic mass is 32.2. The Morgan fingerprint density at radius 1 is 1.50 bits per heavy atom. The summed E-state index contributed by atoms with van der Waals surface area (Å²) in [5.41, 5.74) is 0.514. The second kappa shape index (κ2) is 4.99. The zero-order chi connectivity index (χ0) is 11.6. The fourth-order valence-electron chi connectivity index (χ4n) is 2.35. The molecule has 1 aliphatic heterocycles. The molecule has 92 valence electrons. The maximum Gasteiger partial charge on any atom is 0.156 e. The van der Waals surface area contributed by atoms with Gasteiger partial charge >= 0.3 is 0 Å². The van der Waals surface area contributed by atoms with Crippen molar-refractivity contribution in [2.45, 2.75) is 52.5 Å². The normalized spacial score (nSPS) is 31.2. The van der Waals surface area contributed by atoms with Crippen molar-refractivity contribution in [2.24, 2.45) is 16.3 Å². The van der Waals surface area contributed by atoms with Gasteiger partial charge in [0.25, 0.3) is 0 Å². The molecule has 1 saturated carbocycles. The van der Waals surface area contributed by atoms with Crippen LogP contribution in [0.1, 0.15) is 46.5 Å². The summed E-state index contributed by atoms with van der Waals surface area (Å²) in [4.78, 5) is 4.78. The van der Waals surface area contributed by atoms with Gasteiger partial charge in [0.2, 0.25) is 0 Å². The molecule has 1 heterocycles. The van der Waals surface area contributed by atoms with Crippen LogP contribution in [0.4, 0.5) is 0 Å². The topological polar surface area (TPSA) is 24.4 Å². The molecule has 0 amide bonds. The van der Waals surface area contributed by atoms with Gasteiger partial charge in [-0.05, 0) is 30.6 Å². The van der Waals surface area contributed by atoms with E-state index < -0.39 is 0 Å². The number of nitrogens with one attached hydrogen (secondary N) is 1. The van der Waals surface area contributed by atoms with Crippen molar-refractivity contribution in [2.75, 3.05) is 12.3 Å². The number of thioether (sulfide) groups is 1. The van der Waals surface area contributed by atoms with Gasteiger partial charge in [0, 0.05) is 18.3 Å². The molecule has 1 aliphatic carbocycles. The molecule has 16 heavy (non-hydrogen) atoms. The maximum atomic E-state index is 4.78. The summed E-state index contributed by atoms with van der Waals surface area (Å²) < 4.78 is 0. The van der Waals surface area contributed by atoms with Gasteiger partial charge in [-0.15, -0.1) is 0 Å². The monoisotopic (exact) mass is 240 g/mol. The van der Waals surface area contributed by atoms with E-state index >= 15 is 0 Å². The van der Waals surface area contributed by atoms with Gasteiger partial charge in [0.15, 0.2) is 5.17 Å². The van der Waals surface area contributed by atoms with Crippen LogP contribution >= 0.6 is 11.8 Å². The first-order valence-electron chi connectivity index (χ1n) is 6.53. The molecule has 1 N–H and O–H groups in total. The van der Waals surface area contributed by atoms with Gasteiger partial charge in [-0.3, -0.25) is 4.99 Å². The van der Waals surface area contributed by atoms with Crippen molar-refractivity contribution in [3.63, 3.8) is 0 Å². The van der Waals surface area contributed by atoms with E-state index in [0.29, 0.717) is 17.4 Å². The first-order valence-corrected chi connectivity index (χ1v) is 7.51. The third kappa shape index (κ3) is 2.93. The van der Waals surface area contributed by atoms with Crippen molar-refractivity contribution in [3.8, 4) is 0 Å². The van der Waals surface area contributed by atoms with Gasteiger partial charge in [-0.2, -0.15) is 0 Å². The zero-order valence-corrected chi connectivity index (χ0v) is 11.6. The molecule has 2 rings (SSSR count). The number of nitrogens with zero attached hydrogens (tertiary/aromatic N) is 1. The Morgan fingerprint density at radius 2 is 2.25 bits per heavy atom. The molecule has 0 spiro atoms. The lowest BCUT2D eigenvalue weighted by atomic mass is 9.71. The molecule has 0 bridgehead atoms. The molecule has 0 aromatic heterocycles. The molecule has 0 aromatic carbocycles. The Hall–Kier alpha value is -0.180. The summed E-state index contributed by atoms with van der Waals surface area (Å²) in [7, 11) is 0. The summed E-state index contributed by atoms with van der Waals surface area (Å²) >= 11 is 1.90. The minimum atomic E-state index is 0.514. The van der Waals surface area contributed by atoms with E-state index in [1.807, 2.05) is 11.8 Å². The van der Waals surface area contributed by atoms with Gasteiger partial charge in [0.05, 0.1) is 0 Å². The molecule has 2 fully saturated rings. The minimum absolute atomic E-state index is 0.514. The molecule has 1 atom stereocenters. The highest BCUT2D eigenvalue weighted by molar-refractivity contribution is 8.13. The smallest absolute Gasteiger partial charge is 0.156 e. The van der Waals surface area contributed by atoms with Gasteiger partial charge in [0.1, 0.15) is 0 Å². The van der Waals surface area contributed by atoms with Crippen molar-refractivity contribution in [3.05, 3.63) is 0 Å². The Labute approximate surface area is 104 Å². The highest BCUT2D eigenvalue weighted by Crippen LogP contribution is 2.40. The molecular weight excluding hydrogens is 216 g/mol. The molecule has 1 saturated heterocycles. The Kier molecular flexibility index (Phi) is 3.83. The second-order valence-electron chi connectivity index (χ2n) is 5.92. The van der Waals surface area contributed by atoms with Crippen LogP contribution in [0.5, 0.6) is 0 Å². The number of hydrogen-bond acceptors (Lipinski definition) is 2. The first kappa shape index (κ1) is 12.3. The largest absolute Gasteiger partial charge is 0.362 e. The summed E-state index contributed by atoms with van der Waals surface area (Å²) in [5, 5.41) is 4.78. The van der Waals surface area contributed by atoms with Crippen LogP contribution < -0.4 is 5.32 Å².